The van der Waals surface area contributed by atoms with Crippen molar-refractivity contribution in [2.24, 2.45) is 0 Å². The summed E-state index contributed by atoms with van der Waals surface area (Å²) < 4.78 is 4.74. The zero-order valence-electron chi connectivity index (χ0n) is 14.4. The number of hydrogen-bond acceptors (Lipinski definition) is 3. The molecule has 2 rings (SSSR count). The maximum Gasteiger partial charge on any atom is 0.329 e. The van der Waals surface area contributed by atoms with Crippen LogP contribution in [0, 0.1) is 12.3 Å². The van der Waals surface area contributed by atoms with Crippen LogP contribution in [0.4, 0.5) is 0 Å². The molecule has 2 aromatic carbocycles. The molecular formula is C21H21NO3. The molecule has 25 heavy (non-hydrogen) atoms. The third-order valence-corrected chi connectivity index (χ3v) is 4.27. The fourth-order valence-corrected chi connectivity index (χ4v) is 2.73. The summed E-state index contributed by atoms with van der Waals surface area (Å²) in [6, 6.07) is 18.0. The molecule has 0 aliphatic heterocycles. The highest BCUT2D eigenvalue weighted by molar-refractivity contribution is 5.94. The molecule has 4 nitrogen and oxygen atoms in total. The van der Waals surface area contributed by atoms with Crippen LogP contribution in [0.3, 0.4) is 0 Å². The molecule has 0 saturated heterocycles. The largest absolute Gasteiger partial charge is 0.467 e. The summed E-state index contributed by atoms with van der Waals surface area (Å²) in [5, 5.41) is 2.75. The molecule has 0 bridgehead atoms. The van der Waals surface area contributed by atoms with E-state index in [0.717, 1.165) is 11.1 Å². The smallest absolute Gasteiger partial charge is 0.329 e. The second-order valence-corrected chi connectivity index (χ2v) is 5.81. The van der Waals surface area contributed by atoms with Gasteiger partial charge in [0.05, 0.1) is 12.5 Å². The van der Waals surface area contributed by atoms with E-state index in [-0.39, 0.29) is 12.3 Å². The Morgan fingerprint density at radius 3 is 1.96 bits per heavy atom. The number of carbonyl (C=O) groups is 2. The van der Waals surface area contributed by atoms with E-state index < -0.39 is 17.4 Å². The first-order chi connectivity index (χ1) is 12.0. The second-order valence-electron chi connectivity index (χ2n) is 5.81. The Hall–Kier alpha value is -3.06. The van der Waals surface area contributed by atoms with Gasteiger partial charge >= 0.3 is 5.97 Å². The Kier molecular flexibility index (Phi) is 5.97. The number of carbonyl (C=O) groups excluding carboxylic acids is 2. The summed E-state index contributed by atoms with van der Waals surface area (Å²) in [6.07, 6.45) is 5.39. The number of nitrogens with one attached hydrogen (secondary N) is 1. The molecule has 0 saturated carbocycles. The molecular weight excluding hydrogens is 314 g/mol. The Labute approximate surface area is 148 Å². The number of ether oxygens (including phenoxy) is 1. The molecule has 0 aliphatic rings. The van der Waals surface area contributed by atoms with E-state index in [9.17, 15) is 9.59 Å². The lowest BCUT2D eigenvalue weighted by Gasteiger charge is -2.31. The van der Waals surface area contributed by atoms with Crippen LogP contribution in [0.1, 0.15) is 24.5 Å². The van der Waals surface area contributed by atoms with Crippen LogP contribution in [-0.2, 0) is 19.7 Å². The lowest BCUT2D eigenvalue weighted by atomic mass is 9.75. The standard InChI is InChI=1S/C21H21NO3/c1-4-11-18(19(23)25-3)22-20(24)21(2,16-12-7-5-8-13-16)17-14-9-6-10-15-17/h1,5-10,12-15,18H,11H2,2-3H3,(H,22,24)/t18-/m1/s1. The van der Waals surface area contributed by atoms with E-state index >= 15 is 0 Å². The number of methoxy groups -OCH3 is 1. The molecule has 0 aromatic heterocycles. The van der Waals surface area contributed by atoms with Gasteiger partial charge in [0.2, 0.25) is 5.91 Å². The van der Waals surface area contributed by atoms with Crippen LogP contribution in [0.25, 0.3) is 0 Å². The van der Waals surface area contributed by atoms with Crippen molar-refractivity contribution in [2.45, 2.75) is 24.8 Å². The third kappa shape index (κ3) is 3.89. The van der Waals surface area contributed by atoms with Crippen molar-refractivity contribution in [1.82, 2.24) is 5.32 Å². The van der Waals surface area contributed by atoms with Crippen molar-refractivity contribution >= 4 is 11.9 Å². The molecule has 1 atom stereocenters. The van der Waals surface area contributed by atoms with Gasteiger partial charge in [0.15, 0.2) is 0 Å². The fraction of sp³-hybridized carbons (Fsp3) is 0.238. The van der Waals surface area contributed by atoms with Gasteiger partial charge in [-0.15, -0.1) is 12.3 Å². The van der Waals surface area contributed by atoms with Gasteiger partial charge < -0.3 is 10.1 Å². The molecule has 128 valence electrons. The minimum Gasteiger partial charge on any atom is -0.467 e. The van der Waals surface area contributed by atoms with Gasteiger partial charge in [-0.25, -0.2) is 4.79 Å². The van der Waals surface area contributed by atoms with Crippen molar-refractivity contribution < 1.29 is 14.3 Å². The predicted molar refractivity (Wildman–Crippen MR) is 96.7 cm³/mol. The molecule has 0 unspecified atom stereocenters. The number of hydrogen-bond donors (Lipinski definition) is 1. The Bertz CT molecular complexity index is 723. The average molecular weight is 335 g/mol. The third-order valence-electron chi connectivity index (χ3n) is 4.27. The van der Waals surface area contributed by atoms with E-state index in [2.05, 4.69) is 11.2 Å². The van der Waals surface area contributed by atoms with E-state index in [1.54, 1.807) is 0 Å². The number of esters is 1. The molecule has 0 aliphatic carbocycles. The summed E-state index contributed by atoms with van der Waals surface area (Å²) >= 11 is 0. The second kappa shape index (κ2) is 8.16. The molecule has 1 N–H and O–H groups in total. The van der Waals surface area contributed by atoms with Crippen LogP contribution in [0.15, 0.2) is 60.7 Å². The minimum absolute atomic E-state index is 0.0675. The minimum atomic E-state index is -0.969. The van der Waals surface area contributed by atoms with Crippen LogP contribution in [0.5, 0.6) is 0 Å². The first-order valence-corrected chi connectivity index (χ1v) is 7.97. The Morgan fingerprint density at radius 1 is 1.08 bits per heavy atom. The number of amides is 1. The first kappa shape index (κ1) is 18.3. The van der Waals surface area contributed by atoms with Gasteiger partial charge in [-0.05, 0) is 18.1 Å². The lowest BCUT2D eigenvalue weighted by molar-refractivity contribution is -0.145. The van der Waals surface area contributed by atoms with Crippen LogP contribution < -0.4 is 5.32 Å². The average Bonchev–Trinajstić information content (AvgIpc) is 2.67. The van der Waals surface area contributed by atoms with Gasteiger partial charge in [-0.3, -0.25) is 4.79 Å². The van der Waals surface area contributed by atoms with Gasteiger partial charge in [0.25, 0.3) is 0 Å². The first-order valence-electron chi connectivity index (χ1n) is 7.97. The van der Waals surface area contributed by atoms with E-state index in [1.807, 2.05) is 67.6 Å². The predicted octanol–water partition coefficient (Wildman–Crippen LogP) is 2.67. The van der Waals surface area contributed by atoms with Crippen LogP contribution in [-0.4, -0.2) is 25.0 Å². The monoisotopic (exact) mass is 335 g/mol. The zero-order chi connectivity index (χ0) is 18.3. The van der Waals surface area contributed by atoms with Gasteiger partial charge in [0.1, 0.15) is 6.04 Å². The topological polar surface area (TPSA) is 55.4 Å². The summed E-state index contributed by atoms with van der Waals surface area (Å²) in [4.78, 5) is 25.1. The van der Waals surface area contributed by atoms with E-state index in [4.69, 9.17) is 11.2 Å². The highest BCUT2D eigenvalue weighted by atomic mass is 16.5. The molecule has 0 fully saturated rings. The Morgan fingerprint density at radius 2 is 1.56 bits per heavy atom. The maximum absolute atomic E-state index is 13.2. The van der Waals surface area contributed by atoms with Gasteiger partial charge in [0, 0.05) is 6.42 Å². The molecule has 1 amide bonds. The zero-order valence-corrected chi connectivity index (χ0v) is 14.4. The van der Waals surface area contributed by atoms with Crippen molar-refractivity contribution in [1.29, 1.82) is 0 Å². The highest BCUT2D eigenvalue weighted by Gasteiger charge is 2.38. The fourth-order valence-electron chi connectivity index (χ4n) is 2.73. The van der Waals surface area contributed by atoms with Crippen LogP contribution >= 0.6 is 0 Å². The SMILES string of the molecule is C#CC[C@@H](NC(=O)C(C)(c1ccccc1)c1ccccc1)C(=O)OC. The quantitative estimate of drug-likeness (QED) is 0.652. The Balaban J connectivity index is 2.44. The molecule has 2 aromatic rings. The molecule has 0 radical (unpaired) electrons. The summed E-state index contributed by atoms with van der Waals surface area (Å²) in [5.41, 5.74) is 0.676. The van der Waals surface area contributed by atoms with E-state index in [1.165, 1.54) is 7.11 Å². The number of benzene rings is 2. The highest BCUT2D eigenvalue weighted by Crippen LogP contribution is 2.32. The summed E-state index contributed by atoms with van der Waals surface area (Å²) in [7, 11) is 1.27. The summed E-state index contributed by atoms with van der Waals surface area (Å²) in [6.45, 7) is 1.83. The van der Waals surface area contributed by atoms with Crippen molar-refractivity contribution in [3.8, 4) is 12.3 Å². The maximum atomic E-state index is 13.2. The van der Waals surface area contributed by atoms with Crippen molar-refractivity contribution in [2.75, 3.05) is 7.11 Å². The molecule has 0 spiro atoms. The lowest BCUT2D eigenvalue weighted by Crippen LogP contribution is -2.50. The van der Waals surface area contributed by atoms with Gasteiger partial charge in [-0.1, -0.05) is 60.7 Å². The molecule has 4 heteroatoms. The normalized spacial score (nSPS) is 11.9. The number of rotatable bonds is 6. The van der Waals surface area contributed by atoms with Crippen molar-refractivity contribution in [3.05, 3.63) is 71.8 Å². The van der Waals surface area contributed by atoms with Gasteiger partial charge in [-0.2, -0.15) is 0 Å². The summed E-state index contributed by atoms with van der Waals surface area (Å²) in [5.74, 6) is 1.53. The van der Waals surface area contributed by atoms with Crippen molar-refractivity contribution in [3.63, 3.8) is 0 Å². The van der Waals surface area contributed by atoms with E-state index in [0.29, 0.717) is 0 Å². The van der Waals surface area contributed by atoms with Crippen LogP contribution in [0.2, 0.25) is 0 Å². The molecule has 0 heterocycles. The number of terminal acetylenes is 1.